The van der Waals surface area contributed by atoms with Crippen LogP contribution in [-0.2, 0) is 17.5 Å². The Kier molecular flexibility index (Phi) is 5.65. The first-order valence-electron chi connectivity index (χ1n) is 6.97. The van der Waals surface area contributed by atoms with Gasteiger partial charge >= 0.3 is 6.18 Å². The highest BCUT2D eigenvalue weighted by Crippen LogP contribution is 2.33. The predicted octanol–water partition coefficient (Wildman–Crippen LogP) is 3.58. The lowest BCUT2D eigenvalue weighted by molar-refractivity contribution is -0.138. The third kappa shape index (κ3) is 4.35. The molecule has 6 nitrogen and oxygen atoms in total. The normalized spacial score (nSPS) is 13.8. The molecular weight excluding hydrogens is 441 g/mol. The van der Waals surface area contributed by atoms with Gasteiger partial charge in [-0.25, -0.2) is 0 Å². The van der Waals surface area contributed by atoms with Crippen LogP contribution in [0.15, 0.2) is 29.0 Å². The Labute approximate surface area is 159 Å². The van der Waals surface area contributed by atoms with E-state index in [1.807, 2.05) is 0 Å². The quantitative estimate of drug-likeness (QED) is 0.743. The zero-order chi connectivity index (χ0) is 19.7. The van der Waals surface area contributed by atoms with Crippen molar-refractivity contribution in [3.8, 4) is 6.07 Å². The maximum atomic E-state index is 13.0. The van der Waals surface area contributed by atoms with Crippen LogP contribution in [0.1, 0.15) is 18.1 Å². The lowest BCUT2D eigenvalue weighted by atomic mass is 10.0. The summed E-state index contributed by atoms with van der Waals surface area (Å²) >= 11 is 8.95. The van der Waals surface area contributed by atoms with Gasteiger partial charge in [0.25, 0.3) is 5.91 Å². The number of nitriles is 1. The number of carbonyl (C=O) groups is 1. The van der Waals surface area contributed by atoms with E-state index in [9.17, 15) is 23.1 Å². The van der Waals surface area contributed by atoms with Gasteiger partial charge in [0.2, 0.25) is 0 Å². The maximum Gasteiger partial charge on any atom is 0.417 e. The first kappa shape index (κ1) is 20.2. The second-order valence-corrected chi connectivity index (χ2v) is 6.70. The number of hydrogen-bond donors (Lipinski definition) is 2. The minimum absolute atomic E-state index is 0.209. The number of alkyl halides is 3. The highest BCUT2D eigenvalue weighted by atomic mass is 79.9. The van der Waals surface area contributed by atoms with E-state index in [0.29, 0.717) is 10.7 Å². The number of carbonyl (C=O) groups excluding carboxylic acids is 1. The van der Waals surface area contributed by atoms with E-state index in [1.54, 1.807) is 0 Å². The number of halogens is 5. The summed E-state index contributed by atoms with van der Waals surface area (Å²) in [5.74, 6) is -0.950. The Morgan fingerprint density at radius 3 is 2.65 bits per heavy atom. The molecule has 0 aliphatic carbocycles. The molecule has 26 heavy (non-hydrogen) atoms. The average molecular weight is 452 g/mol. The lowest BCUT2D eigenvalue weighted by Gasteiger charge is -2.23. The van der Waals surface area contributed by atoms with Crippen LogP contribution in [0.2, 0.25) is 5.02 Å². The van der Waals surface area contributed by atoms with Gasteiger partial charge in [0.1, 0.15) is 4.60 Å². The van der Waals surface area contributed by atoms with E-state index in [1.165, 1.54) is 23.9 Å². The molecule has 1 atom stereocenters. The van der Waals surface area contributed by atoms with Crippen LogP contribution in [0, 0.1) is 11.3 Å². The molecule has 0 aliphatic rings. The van der Waals surface area contributed by atoms with Crippen molar-refractivity contribution in [3.05, 3.63) is 45.1 Å². The van der Waals surface area contributed by atoms with E-state index in [4.69, 9.17) is 16.9 Å². The van der Waals surface area contributed by atoms with E-state index >= 15 is 0 Å². The molecule has 0 saturated carbocycles. The van der Waals surface area contributed by atoms with E-state index in [2.05, 4.69) is 26.3 Å². The SMILES string of the molecule is C[C@](O)(Cn1ncc(Cl)c1Br)C(=O)Nc1ccc(C#N)c(C(F)(F)F)c1. The fraction of sp³-hybridized carbons (Fsp3) is 0.267. The molecule has 1 amide bonds. The largest absolute Gasteiger partial charge is 0.417 e. The van der Waals surface area contributed by atoms with E-state index in [-0.39, 0.29) is 17.3 Å². The highest BCUT2D eigenvalue weighted by molar-refractivity contribution is 9.10. The summed E-state index contributed by atoms with van der Waals surface area (Å²) in [6.45, 7) is 0.882. The molecule has 0 bridgehead atoms. The number of aliphatic hydroxyl groups is 1. The number of nitrogens with zero attached hydrogens (tertiary/aromatic N) is 3. The van der Waals surface area contributed by atoms with Gasteiger partial charge in [0.15, 0.2) is 5.60 Å². The molecule has 138 valence electrons. The Morgan fingerprint density at radius 2 is 2.15 bits per heavy atom. The molecule has 0 aliphatic heterocycles. The van der Waals surface area contributed by atoms with E-state index < -0.39 is 28.8 Å². The molecular formula is C15H11BrClF3N4O2. The minimum atomic E-state index is -4.76. The summed E-state index contributed by atoms with van der Waals surface area (Å²) < 4.78 is 40.5. The van der Waals surface area contributed by atoms with Gasteiger partial charge in [0.05, 0.1) is 35.0 Å². The molecule has 2 aromatic rings. The van der Waals surface area contributed by atoms with Crippen LogP contribution in [-0.4, -0.2) is 26.4 Å². The van der Waals surface area contributed by atoms with Crippen LogP contribution in [0.3, 0.4) is 0 Å². The summed E-state index contributed by atoms with van der Waals surface area (Å²) in [4.78, 5) is 12.3. The van der Waals surface area contributed by atoms with Crippen LogP contribution in [0.25, 0.3) is 0 Å². The zero-order valence-electron chi connectivity index (χ0n) is 13.1. The van der Waals surface area contributed by atoms with Crippen LogP contribution < -0.4 is 5.32 Å². The standard InChI is InChI=1S/C15H11BrClF3N4O2/c1-14(26,7-24-12(16)11(17)6-22-24)13(25)23-9-3-2-8(5-21)10(4-9)15(18,19)20/h2-4,6,26H,7H2,1H3,(H,23,25)/t14-/m0/s1. The van der Waals surface area contributed by atoms with Crippen molar-refractivity contribution in [2.24, 2.45) is 0 Å². The van der Waals surface area contributed by atoms with Gasteiger partial charge in [-0.15, -0.1) is 0 Å². The molecule has 0 fully saturated rings. The molecule has 11 heteroatoms. The fourth-order valence-electron chi connectivity index (χ4n) is 2.04. The third-order valence-electron chi connectivity index (χ3n) is 3.38. The van der Waals surface area contributed by atoms with Crippen molar-refractivity contribution < 1.29 is 23.1 Å². The maximum absolute atomic E-state index is 13.0. The summed E-state index contributed by atoms with van der Waals surface area (Å²) in [6, 6.07) is 4.16. The molecule has 2 rings (SSSR count). The van der Waals surface area contributed by atoms with Crippen molar-refractivity contribution >= 4 is 39.1 Å². The van der Waals surface area contributed by atoms with Crippen LogP contribution in [0.4, 0.5) is 18.9 Å². The number of hydrogen-bond acceptors (Lipinski definition) is 4. The summed E-state index contributed by atoms with van der Waals surface area (Å²) in [5, 5.41) is 25.5. The van der Waals surface area contributed by atoms with Crippen molar-refractivity contribution in [3.63, 3.8) is 0 Å². The van der Waals surface area contributed by atoms with Gasteiger partial charge in [-0.2, -0.15) is 23.5 Å². The fourth-order valence-corrected chi connectivity index (χ4v) is 2.50. The second-order valence-electron chi connectivity index (χ2n) is 5.54. The number of nitrogens with one attached hydrogen (secondary N) is 1. The van der Waals surface area contributed by atoms with Gasteiger partial charge < -0.3 is 10.4 Å². The first-order valence-corrected chi connectivity index (χ1v) is 8.15. The number of amides is 1. The highest BCUT2D eigenvalue weighted by Gasteiger charge is 2.35. The molecule has 0 spiro atoms. The van der Waals surface area contributed by atoms with Gasteiger partial charge in [-0.05, 0) is 41.1 Å². The Balaban J connectivity index is 2.23. The van der Waals surface area contributed by atoms with Gasteiger partial charge in [-0.3, -0.25) is 9.48 Å². The number of rotatable bonds is 4. The smallest absolute Gasteiger partial charge is 0.378 e. The topological polar surface area (TPSA) is 90.9 Å². The molecule has 0 saturated heterocycles. The molecule has 1 heterocycles. The molecule has 0 radical (unpaired) electrons. The second kappa shape index (κ2) is 7.26. The molecule has 0 unspecified atom stereocenters. The van der Waals surface area contributed by atoms with Crippen molar-refractivity contribution in [2.45, 2.75) is 25.2 Å². The summed E-state index contributed by atoms with van der Waals surface area (Å²) in [7, 11) is 0. The number of aromatic nitrogens is 2. The number of anilines is 1. The third-order valence-corrected chi connectivity index (χ3v) is 4.73. The average Bonchev–Trinajstić information content (AvgIpc) is 2.85. The van der Waals surface area contributed by atoms with Crippen LogP contribution >= 0.6 is 27.5 Å². The Bertz CT molecular complexity index is 890. The minimum Gasteiger partial charge on any atom is -0.378 e. The first-order chi connectivity index (χ1) is 12.0. The summed E-state index contributed by atoms with van der Waals surface area (Å²) in [5.41, 5.74) is -3.96. The van der Waals surface area contributed by atoms with E-state index in [0.717, 1.165) is 12.1 Å². The predicted molar refractivity (Wildman–Crippen MR) is 90.3 cm³/mol. The molecule has 1 aromatic heterocycles. The Morgan fingerprint density at radius 1 is 1.50 bits per heavy atom. The van der Waals surface area contributed by atoms with Crippen molar-refractivity contribution in [1.82, 2.24) is 9.78 Å². The van der Waals surface area contributed by atoms with Gasteiger partial charge in [-0.1, -0.05) is 11.6 Å². The van der Waals surface area contributed by atoms with Gasteiger partial charge in [0, 0.05) is 5.69 Å². The zero-order valence-corrected chi connectivity index (χ0v) is 15.4. The van der Waals surface area contributed by atoms with Crippen molar-refractivity contribution in [1.29, 1.82) is 5.26 Å². The molecule has 1 aromatic carbocycles. The molecule has 2 N–H and O–H groups in total. The summed E-state index contributed by atoms with van der Waals surface area (Å²) in [6.07, 6.45) is -3.46. The van der Waals surface area contributed by atoms with Crippen LogP contribution in [0.5, 0.6) is 0 Å². The lowest BCUT2D eigenvalue weighted by Crippen LogP contribution is -2.44. The Hall–Kier alpha value is -2.09. The van der Waals surface area contributed by atoms with Crippen molar-refractivity contribution in [2.75, 3.05) is 5.32 Å². The number of benzene rings is 1. The monoisotopic (exact) mass is 450 g/mol.